The standard InChI is InChI=1S/C48H28/c1-2-10-39-29(5-1)19-26-42(40-25-21-37-18-16-32-7-4-9-34-23-28-43(40)48(37)45(32)34)46(39)35-13-11-30(12-14-35)38-24-20-36-17-15-31-6-3-8-33-22-27-41(38)47(36)44(31)33/h1-28H/i1D,2D,3D,4D,5D,6D,7D,8D,9D,10D,11D,12D,13D,14D,15D,16D,17D,18D,19D,20D,21D,22D,23D,24D,25D,26D,27D,28D. The molecule has 0 atom stereocenters. The summed E-state index contributed by atoms with van der Waals surface area (Å²) < 4.78 is 256. The van der Waals surface area contributed by atoms with Crippen molar-refractivity contribution < 1.29 is 38.4 Å². The van der Waals surface area contributed by atoms with Gasteiger partial charge in [0.05, 0.1) is 38.4 Å². The fourth-order valence-corrected chi connectivity index (χ4v) is 6.41. The molecule has 0 fully saturated rings. The smallest absolute Gasteiger partial charge is 0.0616 e. The fourth-order valence-electron chi connectivity index (χ4n) is 6.41. The van der Waals surface area contributed by atoms with Gasteiger partial charge in [0, 0.05) is 0 Å². The van der Waals surface area contributed by atoms with Gasteiger partial charge in [0.2, 0.25) is 0 Å². The van der Waals surface area contributed by atoms with Gasteiger partial charge in [-0.2, -0.15) is 0 Å². The summed E-state index contributed by atoms with van der Waals surface area (Å²) in [6.07, 6.45) is 0. The molecule has 0 aliphatic heterocycles. The van der Waals surface area contributed by atoms with Gasteiger partial charge in [0.25, 0.3) is 0 Å². The first kappa shape index (κ1) is 10.9. The largest absolute Gasteiger partial charge is 0.0630 e. The van der Waals surface area contributed by atoms with Crippen molar-refractivity contribution in [1.29, 1.82) is 0 Å². The van der Waals surface area contributed by atoms with E-state index in [1.54, 1.807) is 0 Å². The van der Waals surface area contributed by atoms with Crippen LogP contribution < -0.4 is 0 Å². The van der Waals surface area contributed by atoms with E-state index in [1.165, 1.54) is 0 Å². The van der Waals surface area contributed by atoms with E-state index in [9.17, 15) is 19.2 Å². The molecule has 0 N–H and O–H groups in total. The molecule has 11 aromatic carbocycles. The normalized spacial score (nSPS) is 20.3. The highest BCUT2D eigenvalue weighted by Crippen LogP contribution is 2.45. The van der Waals surface area contributed by atoms with Gasteiger partial charge >= 0.3 is 0 Å². The Labute approximate surface area is 317 Å². The van der Waals surface area contributed by atoms with Crippen molar-refractivity contribution in [2.75, 3.05) is 0 Å². The van der Waals surface area contributed by atoms with Gasteiger partial charge < -0.3 is 0 Å². The summed E-state index contributed by atoms with van der Waals surface area (Å²) >= 11 is 0. The Bertz CT molecular complexity index is 4580. The Kier molecular flexibility index (Phi) is 2.19. The van der Waals surface area contributed by atoms with Crippen LogP contribution in [-0.2, 0) is 0 Å². The average Bonchev–Trinajstić information content (AvgIpc) is 3.45. The molecular formula is C48H28. The minimum atomic E-state index is -1.12. The van der Waals surface area contributed by atoms with Gasteiger partial charge in [-0.25, -0.2) is 0 Å². The number of hydrogen-bond donors (Lipinski definition) is 0. The van der Waals surface area contributed by atoms with Crippen LogP contribution in [0.3, 0.4) is 0 Å². The topological polar surface area (TPSA) is 0 Å². The molecule has 0 heterocycles. The molecular weight excluding hydrogens is 577 g/mol. The van der Waals surface area contributed by atoms with Crippen molar-refractivity contribution in [1.82, 2.24) is 0 Å². The number of hydrogen-bond acceptors (Lipinski definition) is 0. The van der Waals surface area contributed by atoms with E-state index in [-0.39, 0.29) is 21.5 Å². The molecule has 0 radical (unpaired) electrons. The second-order valence-electron chi connectivity index (χ2n) is 11.0. The minimum absolute atomic E-state index is 0.282. The first-order valence-electron chi connectivity index (χ1n) is 28.5. The molecule has 0 unspecified atom stereocenters. The molecule has 0 nitrogen and oxygen atoms in total. The van der Waals surface area contributed by atoms with E-state index >= 15 is 0 Å². The molecule has 0 heteroatoms. The Morgan fingerprint density at radius 2 is 0.667 bits per heavy atom. The summed E-state index contributed by atoms with van der Waals surface area (Å²) in [4.78, 5) is 0. The Morgan fingerprint density at radius 1 is 0.250 bits per heavy atom. The molecule has 11 rings (SSSR count). The highest BCUT2D eigenvalue weighted by Gasteiger charge is 2.18. The first-order chi connectivity index (χ1) is 35.5. The summed E-state index contributed by atoms with van der Waals surface area (Å²) in [6, 6.07) is -24.5. The monoisotopic (exact) mass is 632 g/mol. The molecule has 0 aliphatic carbocycles. The van der Waals surface area contributed by atoms with Crippen LogP contribution in [0.2, 0.25) is 0 Å². The van der Waals surface area contributed by atoms with Gasteiger partial charge in [-0.15, -0.1) is 0 Å². The molecule has 0 spiro atoms. The highest BCUT2D eigenvalue weighted by molar-refractivity contribution is 6.27. The van der Waals surface area contributed by atoms with E-state index in [4.69, 9.17) is 19.2 Å². The second-order valence-corrected chi connectivity index (χ2v) is 11.0. The zero-order chi connectivity index (χ0) is 55.7. The van der Waals surface area contributed by atoms with Crippen molar-refractivity contribution in [2.24, 2.45) is 0 Å². The molecule has 0 saturated carbocycles. The van der Waals surface area contributed by atoms with Gasteiger partial charge in [-0.3, -0.25) is 0 Å². The maximum atomic E-state index is 9.78. The third-order valence-corrected chi connectivity index (χ3v) is 8.50. The van der Waals surface area contributed by atoms with Crippen LogP contribution in [-0.4, -0.2) is 0 Å². The quantitative estimate of drug-likeness (QED) is 0.170. The van der Waals surface area contributed by atoms with E-state index in [0.717, 1.165) is 0 Å². The maximum absolute atomic E-state index is 9.78. The van der Waals surface area contributed by atoms with Gasteiger partial charge in [0.1, 0.15) is 0 Å². The van der Waals surface area contributed by atoms with Crippen LogP contribution in [0, 0.1) is 0 Å². The fraction of sp³-hybridized carbons (Fsp3) is 0. The Hall–Kier alpha value is -6.24. The zero-order valence-corrected chi connectivity index (χ0v) is 24.0. The van der Waals surface area contributed by atoms with Crippen molar-refractivity contribution >= 4 is 75.4 Å². The summed E-state index contributed by atoms with van der Waals surface area (Å²) in [7, 11) is 0. The molecule has 48 heavy (non-hydrogen) atoms. The maximum Gasteiger partial charge on any atom is 0.0630 e. The zero-order valence-electron chi connectivity index (χ0n) is 52.0. The number of fused-ring (bicyclic) bond motifs is 1. The predicted molar refractivity (Wildman–Crippen MR) is 208 cm³/mol. The van der Waals surface area contributed by atoms with E-state index in [2.05, 4.69) is 0 Å². The molecule has 220 valence electrons. The van der Waals surface area contributed by atoms with Crippen molar-refractivity contribution in [3.63, 3.8) is 0 Å². The van der Waals surface area contributed by atoms with Crippen LogP contribution in [0.25, 0.3) is 109 Å². The van der Waals surface area contributed by atoms with Crippen LogP contribution >= 0.6 is 0 Å². The summed E-state index contributed by atoms with van der Waals surface area (Å²) in [6.45, 7) is 0. The number of rotatable bonds is 3. The first-order valence-corrected chi connectivity index (χ1v) is 14.5. The third kappa shape index (κ3) is 3.55. The SMILES string of the molecule is [2H]c1c([2H])c(-c2c([2H])c([2H])c3c([2H])c([2H])c4c([2H])c([2H])c([2H])c5c([2H])c([2H])c2c3c45)c([2H])c([2H])c1-c1c(-c2c([2H])c([2H])c3c([2H])c([2H])c4c([2H])c([2H])c([2H])c5c([2H])c([2H])c2c3c45)c([2H])c([2H])c2c([2H])c([2H])c([2H])c([2H])c12. The van der Waals surface area contributed by atoms with Crippen LogP contribution in [0.1, 0.15) is 38.4 Å². The van der Waals surface area contributed by atoms with Crippen molar-refractivity contribution in [3.8, 4) is 33.4 Å². The van der Waals surface area contributed by atoms with Gasteiger partial charge in [-0.1, -0.05) is 169 Å². The van der Waals surface area contributed by atoms with E-state index in [1.807, 2.05) is 0 Å². The molecule has 0 bridgehead atoms. The lowest BCUT2D eigenvalue weighted by Gasteiger charge is -2.18. The summed E-state index contributed by atoms with van der Waals surface area (Å²) in [5.41, 5.74) is -4.78. The Morgan fingerprint density at radius 3 is 1.29 bits per heavy atom. The molecule has 0 amide bonds. The van der Waals surface area contributed by atoms with Crippen LogP contribution in [0.15, 0.2) is 169 Å². The Balaban J connectivity index is 1.38. The summed E-state index contributed by atoms with van der Waals surface area (Å²) in [5.74, 6) is 0. The summed E-state index contributed by atoms with van der Waals surface area (Å²) in [5, 5.41) is -6.54. The number of benzene rings is 11. The lowest BCUT2D eigenvalue weighted by Crippen LogP contribution is -1.91. The second kappa shape index (κ2) is 9.64. The minimum Gasteiger partial charge on any atom is -0.0616 e. The molecule has 11 aromatic rings. The molecule has 0 saturated heterocycles. The predicted octanol–water partition coefficient (Wildman–Crippen LogP) is 13.6. The average molecular weight is 633 g/mol. The lowest BCUT2D eigenvalue weighted by molar-refractivity contribution is 1.62. The van der Waals surface area contributed by atoms with E-state index < -0.39 is 256 Å². The molecule has 0 aliphatic rings. The van der Waals surface area contributed by atoms with Crippen LogP contribution in [0.5, 0.6) is 0 Å². The van der Waals surface area contributed by atoms with Gasteiger partial charge in [0.15, 0.2) is 0 Å². The highest BCUT2D eigenvalue weighted by atomic mass is 14.2. The van der Waals surface area contributed by atoms with Crippen molar-refractivity contribution in [3.05, 3.63) is 169 Å². The third-order valence-electron chi connectivity index (χ3n) is 8.50. The molecule has 0 aromatic heterocycles. The van der Waals surface area contributed by atoms with Gasteiger partial charge in [-0.05, 0) is 109 Å². The van der Waals surface area contributed by atoms with E-state index in [0.29, 0.717) is 0 Å². The lowest BCUT2D eigenvalue weighted by atomic mass is 9.85. The van der Waals surface area contributed by atoms with Crippen molar-refractivity contribution in [2.45, 2.75) is 0 Å². The van der Waals surface area contributed by atoms with Crippen LogP contribution in [0.4, 0.5) is 0 Å².